The fourth-order valence-corrected chi connectivity index (χ4v) is 1.74. The van der Waals surface area contributed by atoms with Gasteiger partial charge in [-0.3, -0.25) is 4.79 Å². The Morgan fingerprint density at radius 2 is 2.05 bits per heavy atom. The van der Waals surface area contributed by atoms with Crippen LogP contribution in [-0.2, 0) is 0 Å². The summed E-state index contributed by atoms with van der Waals surface area (Å²) in [4.78, 5) is 15.3. The molecule has 1 aromatic carbocycles. The molecule has 0 spiro atoms. The molecule has 0 aliphatic heterocycles. The van der Waals surface area contributed by atoms with E-state index < -0.39 is 5.82 Å². The molecule has 0 fully saturated rings. The number of halogens is 2. The molecule has 4 nitrogen and oxygen atoms in total. The number of nitrogens with one attached hydrogen (secondary N) is 2. The number of pyridine rings is 1. The second kappa shape index (κ2) is 5.67. The molecule has 6 heteroatoms. The zero-order chi connectivity index (χ0) is 13.8. The molecule has 1 heterocycles. The number of amides is 1. The highest BCUT2D eigenvalue weighted by molar-refractivity contribution is 6.29. The van der Waals surface area contributed by atoms with E-state index in [1.54, 1.807) is 24.3 Å². The van der Waals surface area contributed by atoms with Gasteiger partial charge in [-0.1, -0.05) is 23.7 Å². The Hall–Kier alpha value is -2.14. The van der Waals surface area contributed by atoms with E-state index in [2.05, 4.69) is 15.6 Å². The number of carbonyl (C=O) groups is 1. The Kier molecular flexibility index (Phi) is 3.97. The largest absolute Gasteiger partial charge is 0.355 e. The van der Waals surface area contributed by atoms with Crippen molar-refractivity contribution in [3.8, 4) is 0 Å². The van der Waals surface area contributed by atoms with Gasteiger partial charge in [-0.2, -0.15) is 0 Å². The van der Waals surface area contributed by atoms with Gasteiger partial charge in [0, 0.05) is 13.1 Å². The number of benzene rings is 1. The molecular formula is C13H11ClFN3O. The number of rotatable bonds is 3. The molecule has 0 atom stereocenters. The van der Waals surface area contributed by atoms with Crippen molar-refractivity contribution in [1.82, 2.24) is 10.3 Å². The molecule has 0 bridgehead atoms. The van der Waals surface area contributed by atoms with E-state index in [-0.39, 0.29) is 16.7 Å². The van der Waals surface area contributed by atoms with E-state index in [1.807, 2.05) is 0 Å². The minimum Gasteiger partial charge on any atom is -0.355 e. The van der Waals surface area contributed by atoms with Crippen LogP contribution in [0, 0.1) is 5.82 Å². The number of hydrogen-bond acceptors (Lipinski definition) is 3. The third-order valence-corrected chi connectivity index (χ3v) is 2.70. The van der Waals surface area contributed by atoms with Crippen LogP contribution in [0.4, 0.5) is 15.8 Å². The first kappa shape index (κ1) is 13.3. The van der Waals surface area contributed by atoms with E-state index in [4.69, 9.17) is 11.6 Å². The van der Waals surface area contributed by atoms with Crippen LogP contribution < -0.4 is 10.6 Å². The van der Waals surface area contributed by atoms with Crippen molar-refractivity contribution >= 4 is 28.9 Å². The Bertz CT molecular complexity index is 619. The average Bonchev–Trinajstić information content (AvgIpc) is 2.42. The number of nitrogens with zero attached hydrogens (tertiary/aromatic N) is 1. The lowest BCUT2D eigenvalue weighted by molar-refractivity contribution is 0.0964. The summed E-state index contributed by atoms with van der Waals surface area (Å²) >= 11 is 5.72. The molecule has 0 saturated carbocycles. The van der Waals surface area contributed by atoms with Gasteiger partial charge in [-0.05, 0) is 12.1 Å². The number of aromatic nitrogens is 1. The predicted octanol–water partition coefficient (Wildman–Crippen LogP) is 2.98. The number of carbonyl (C=O) groups excluding carboxylic acids is 1. The lowest BCUT2D eigenvalue weighted by Crippen LogP contribution is -2.19. The summed E-state index contributed by atoms with van der Waals surface area (Å²) < 4.78 is 13.6. The molecule has 1 amide bonds. The number of anilines is 2. The van der Waals surface area contributed by atoms with Crippen molar-refractivity contribution in [2.24, 2.45) is 0 Å². The molecule has 2 N–H and O–H groups in total. The van der Waals surface area contributed by atoms with E-state index in [0.29, 0.717) is 11.3 Å². The third-order valence-electron chi connectivity index (χ3n) is 2.49. The fraction of sp³-hybridized carbons (Fsp3) is 0.0769. The molecule has 1 aromatic heterocycles. The zero-order valence-electron chi connectivity index (χ0n) is 10.1. The summed E-state index contributed by atoms with van der Waals surface area (Å²) in [6, 6.07) is 8.15. The molecule has 0 radical (unpaired) electrons. The Balaban J connectivity index is 2.38. The molecule has 0 saturated heterocycles. The Morgan fingerprint density at radius 3 is 2.79 bits per heavy atom. The summed E-state index contributed by atoms with van der Waals surface area (Å²) in [5.41, 5.74) is 1.07. The maximum atomic E-state index is 13.6. The quantitative estimate of drug-likeness (QED) is 0.849. The fourth-order valence-electron chi connectivity index (χ4n) is 1.58. The molecule has 0 aliphatic rings. The van der Waals surface area contributed by atoms with Crippen LogP contribution in [0.3, 0.4) is 0 Å². The van der Waals surface area contributed by atoms with Crippen LogP contribution in [-0.4, -0.2) is 17.9 Å². The highest BCUT2D eigenvalue weighted by Crippen LogP contribution is 2.24. The van der Waals surface area contributed by atoms with Gasteiger partial charge in [0.05, 0.1) is 23.1 Å². The zero-order valence-corrected chi connectivity index (χ0v) is 10.8. The van der Waals surface area contributed by atoms with Crippen LogP contribution in [0.25, 0.3) is 0 Å². The van der Waals surface area contributed by atoms with Crippen molar-refractivity contribution < 1.29 is 9.18 Å². The Labute approximate surface area is 114 Å². The maximum Gasteiger partial charge on any atom is 0.253 e. The minimum atomic E-state index is -0.545. The van der Waals surface area contributed by atoms with Crippen molar-refractivity contribution in [3.05, 3.63) is 53.1 Å². The lowest BCUT2D eigenvalue weighted by Gasteiger charge is -2.11. The van der Waals surface area contributed by atoms with Gasteiger partial charge in [0.2, 0.25) is 0 Å². The van der Waals surface area contributed by atoms with Gasteiger partial charge in [0.15, 0.2) is 5.82 Å². The van der Waals surface area contributed by atoms with E-state index in [1.165, 1.54) is 13.1 Å². The summed E-state index contributed by atoms with van der Waals surface area (Å²) in [5, 5.41) is 5.53. The van der Waals surface area contributed by atoms with Gasteiger partial charge in [0.25, 0.3) is 5.91 Å². The van der Waals surface area contributed by atoms with E-state index in [9.17, 15) is 9.18 Å². The van der Waals surface area contributed by atoms with Gasteiger partial charge in [0.1, 0.15) is 5.15 Å². The van der Waals surface area contributed by atoms with Crippen LogP contribution in [0.1, 0.15) is 10.4 Å². The second-order valence-electron chi connectivity index (χ2n) is 3.74. The topological polar surface area (TPSA) is 54.0 Å². The van der Waals surface area contributed by atoms with Crippen molar-refractivity contribution in [1.29, 1.82) is 0 Å². The summed E-state index contributed by atoms with van der Waals surface area (Å²) in [5.74, 6) is -0.806. The third kappa shape index (κ3) is 3.00. The van der Waals surface area contributed by atoms with E-state index in [0.717, 1.165) is 6.20 Å². The average molecular weight is 280 g/mol. The molecular weight excluding hydrogens is 269 g/mol. The van der Waals surface area contributed by atoms with Gasteiger partial charge in [-0.15, -0.1) is 0 Å². The first-order chi connectivity index (χ1) is 9.11. The summed E-state index contributed by atoms with van der Waals surface area (Å²) in [6.45, 7) is 0. The number of hydrogen-bond donors (Lipinski definition) is 2. The first-order valence-electron chi connectivity index (χ1n) is 5.51. The van der Waals surface area contributed by atoms with Crippen LogP contribution in [0.15, 0.2) is 36.5 Å². The molecule has 2 aromatic rings. The Morgan fingerprint density at radius 1 is 1.32 bits per heavy atom. The molecule has 98 valence electrons. The molecule has 0 aliphatic carbocycles. The molecule has 0 unspecified atom stereocenters. The highest BCUT2D eigenvalue weighted by atomic mass is 35.5. The summed E-state index contributed by atoms with van der Waals surface area (Å²) in [7, 11) is 1.53. The minimum absolute atomic E-state index is 0.163. The van der Waals surface area contributed by atoms with Crippen LogP contribution >= 0.6 is 11.6 Å². The number of para-hydroxylation sites is 1. The SMILES string of the molecule is CNC(=O)c1ccccc1Nc1cc(Cl)ncc1F. The van der Waals surface area contributed by atoms with Gasteiger partial charge >= 0.3 is 0 Å². The maximum absolute atomic E-state index is 13.6. The molecule has 2 rings (SSSR count). The van der Waals surface area contributed by atoms with E-state index >= 15 is 0 Å². The smallest absolute Gasteiger partial charge is 0.253 e. The predicted molar refractivity (Wildman–Crippen MR) is 72.3 cm³/mol. The van der Waals surface area contributed by atoms with Gasteiger partial charge < -0.3 is 10.6 Å². The normalized spacial score (nSPS) is 10.1. The van der Waals surface area contributed by atoms with Crippen molar-refractivity contribution in [2.45, 2.75) is 0 Å². The first-order valence-corrected chi connectivity index (χ1v) is 5.89. The van der Waals surface area contributed by atoms with Gasteiger partial charge in [-0.25, -0.2) is 9.37 Å². The van der Waals surface area contributed by atoms with Crippen LogP contribution in [0.5, 0.6) is 0 Å². The monoisotopic (exact) mass is 279 g/mol. The highest BCUT2D eigenvalue weighted by Gasteiger charge is 2.11. The second-order valence-corrected chi connectivity index (χ2v) is 4.12. The van der Waals surface area contributed by atoms with Crippen LogP contribution in [0.2, 0.25) is 5.15 Å². The lowest BCUT2D eigenvalue weighted by atomic mass is 10.1. The standard InChI is InChI=1S/C13H11ClFN3O/c1-16-13(19)8-4-2-3-5-10(8)18-11-6-12(14)17-7-9(11)15/h2-7H,1H3,(H,16,19)(H,17,18). The van der Waals surface area contributed by atoms with Crippen molar-refractivity contribution in [2.75, 3.05) is 12.4 Å². The molecule has 19 heavy (non-hydrogen) atoms. The van der Waals surface area contributed by atoms with Crippen molar-refractivity contribution in [3.63, 3.8) is 0 Å². The summed E-state index contributed by atoms with van der Waals surface area (Å²) in [6.07, 6.45) is 1.02.